The van der Waals surface area contributed by atoms with Gasteiger partial charge in [0.2, 0.25) is 10.0 Å². The molecule has 18 heavy (non-hydrogen) atoms. The predicted molar refractivity (Wildman–Crippen MR) is 73.0 cm³/mol. The fraction of sp³-hybridized carbons (Fsp3) is 0.571. The molecular weight excluding hydrogens is 246 g/mol. The molecule has 1 fully saturated rings. The second kappa shape index (κ2) is 5.02. The van der Waals surface area contributed by atoms with Gasteiger partial charge in [0.1, 0.15) is 0 Å². The standard InChI is InChI=1S/C14H21NO2S/c1-12-8-4-5-9-13(12)18(16,17)15-14(2)10-6-3-7-11-14/h4-5,8-9,15H,3,6-7,10-11H2,1-2H3. The summed E-state index contributed by atoms with van der Waals surface area (Å²) in [5, 5.41) is 0. The molecule has 0 unspecified atom stereocenters. The Morgan fingerprint density at radius 1 is 1.11 bits per heavy atom. The Balaban J connectivity index is 2.25. The average molecular weight is 267 g/mol. The first-order chi connectivity index (χ1) is 8.43. The normalized spacial score (nSPS) is 19.7. The molecule has 0 bridgehead atoms. The van der Waals surface area contributed by atoms with Crippen LogP contribution >= 0.6 is 0 Å². The van der Waals surface area contributed by atoms with Gasteiger partial charge >= 0.3 is 0 Å². The molecule has 1 N–H and O–H groups in total. The molecule has 0 radical (unpaired) electrons. The zero-order valence-corrected chi connectivity index (χ0v) is 11.9. The number of hydrogen-bond acceptors (Lipinski definition) is 2. The lowest BCUT2D eigenvalue weighted by molar-refractivity contribution is 0.294. The van der Waals surface area contributed by atoms with E-state index >= 15 is 0 Å². The number of benzene rings is 1. The lowest BCUT2D eigenvalue weighted by Crippen LogP contribution is -2.47. The summed E-state index contributed by atoms with van der Waals surface area (Å²) in [5.41, 5.74) is 0.517. The largest absolute Gasteiger partial charge is 0.241 e. The van der Waals surface area contributed by atoms with E-state index in [2.05, 4.69) is 4.72 Å². The van der Waals surface area contributed by atoms with Crippen molar-refractivity contribution in [1.82, 2.24) is 4.72 Å². The van der Waals surface area contributed by atoms with E-state index in [0.717, 1.165) is 31.2 Å². The topological polar surface area (TPSA) is 46.2 Å². The monoisotopic (exact) mass is 267 g/mol. The Labute approximate surface area is 110 Å². The highest BCUT2D eigenvalue weighted by Gasteiger charge is 2.32. The van der Waals surface area contributed by atoms with Crippen molar-refractivity contribution in [3.8, 4) is 0 Å². The maximum absolute atomic E-state index is 12.4. The second-order valence-electron chi connectivity index (χ2n) is 5.49. The fourth-order valence-electron chi connectivity index (χ4n) is 2.67. The van der Waals surface area contributed by atoms with E-state index in [1.54, 1.807) is 12.1 Å². The van der Waals surface area contributed by atoms with Crippen LogP contribution in [0.15, 0.2) is 29.2 Å². The molecule has 1 aliphatic carbocycles. The predicted octanol–water partition coefficient (Wildman–Crippen LogP) is 3.00. The molecule has 0 saturated heterocycles. The van der Waals surface area contributed by atoms with Crippen molar-refractivity contribution in [2.75, 3.05) is 0 Å². The van der Waals surface area contributed by atoms with Crippen LogP contribution in [-0.2, 0) is 10.0 Å². The Morgan fingerprint density at radius 2 is 1.72 bits per heavy atom. The highest BCUT2D eigenvalue weighted by Crippen LogP contribution is 2.29. The van der Waals surface area contributed by atoms with Crippen LogP contribution in [0.4, 0.5) is 0 Å². The summed E-state index contributed by atoms with van der Waals surface area (Å²) >= 11 is 0. The fourth-order valence-corrected chi connectivity index (χ4v) is 4.38. The van der Waals surface area contributed by atoms with Gasteiger partial charge in [-0.15, -0.1) is 0 Å². The van der Waals surface area contributed by atoms with Crippen LogP contribution in [0.1, 0.15) is 44.6 Å². The molecule has 3 nitrogen and oxygen atoms in total. The first-order valence-corrected chi connectivity index (χ1v) is 8.01. The molecule has 0 heterocycles. The third-order valence-corrected chi connectivity index (χ3v) is 5.52. The van der Waals surface area contributed by atoms with E-state index in [4.69, 9.17) is 0 Å². The van der Waals surface area contributed by atoms with Crippen molar-refractivity contribution in [2.24, 2.45) is 0 Å². The van der Waals surface area contributed by atoms with Gasteiger partial charge in [-0.05, 0) is 38.3 Å². The summed E-state index contributed by atoms with van der Waals surface area (Å²) in [6, 6.07) is 7.13. The zero-order valence-electron chi connectivity index (χ0n) is 11.1. The van der Waals surface area contributed by atoms with E-state index in [1.807, 2.05) is 26.0 Å². The Bertz CT molecular complexity index is 516. The van der Waals surface area contributed by atoms with Crippen LogP contribution in [0.2, 0.25) is 0 Å². The van der Waals surface area contributed by atoms with Gasteiger partial charge in [0.15, 0.2) is 0 Å². The maximum atomic E-state index is 12.4. The van der Waals surface area contributed by atoms with Gasteiger partial charge in [0, 0.05) is 5.54 Å². The van der Waals surface area contributed by atoms with Crippen molar-refractivity contribution in [3.63, 3.8) is 0 Å². The van der Waals surface area contributed by atoms with Gasteiger partial charge in [-0.3, -0.25) is 0 Å². The molecule has 0 aliphatic heterocycles. The lowest BCUT2D eigenvalue weighted by Gasteiger charge is -2.34. The van der Waals surface area contributed by atoms with Gasteiger partial charge in [-0.2, -0.15) is 0 Å². The van der Waals surface area contributed by atoms with Crippen LogP contribution < -0.4 is 4.72 Å². The highest BCUT2D eigenvalue weighted by molar-refractivity contribution is 7.89. The first kappa shape index (κ1) is 13.6. The van der Waals surface area contributed by atoms with Crippen molar-refractivity contribution < 1.29 is 8.42 Å². The molecule has 100 valence electrons. The van der Waals surface area contributed by atoms with Crippen LogP contribution in [0.5, 0.6) is 0 Å². The molecule has 0 amide bonds. The number of hydrogen-bond donors (Lipinski definition) is 1. The van der Waals surface area contributed by atoms with Crippen LogP contribution in [0.3, 0.4) is 0 Å². The summed E-state index contributed by atoms with van der Waals surface area (Å²) in [5.74, 6) is 0. The van der Waals surface area contributed by atoms with Gasteiger partial charge in [0.25, 0.3) is 0 Å². The van der Waals surface area contributed by atoms with Crippen LogP contribution in [0.25, 0.3) is 0 Å². The SMILES string of the molecule is Cc1ccccc1S(=O)(=O)NC1(C)CCCCC1. The number of rotatable bonds is 3. The van der Waals surface area contributed by atoms with Gasteiger partial charge in [-0.25, -0.2) is 13.1 Å². The summed E-state index contributed by atoms with van der Waals surface area (Å²) in [6.07, 6.45) is 5.28. The van der Waals surface area contributed by atoms with E-state index in [-0.39, 0.29) is 5.54 Å². The van der Waals surface area contributed by atoms with Crippen molar-refractivity contribution >= 4 is 10.0 Å². The Hall–Kier alpha value is -0.870. The quantitative estimate of drug-likeness (QED) is 0.915. The first-order valence-electron chi connectivity index (χ1n) is 6.53. The molecule has 1 aliphatic rings. The summed E-state index contributed by atoms with van der Waals surface area (Å²) in [6.45, 7) is 3.85. The minimum absolute atomic E-state index is 0.278. The maximum Gasteiger partial charge on any atom is 0.241 e. The van der Waals surface area contributed by atoms with E-state index in [9.17, 15) is 8.42 Å². The molecule has 1 saturated carbocycles. The smallest absolute Gasteiger partial charge is 0.207 e. The minimum Gasteiger partial charge on any atom is -0.207 e. The molecule has 0 spiro atoms. The van der Waals surface area contributed by atoms with Crippen molar-refractivity contribution in [2.45, 2.75) is 56.4 Å². The Morgan fingerprint density at radius 3 is 2.33 bits per heavy atom. The minimum atomic E-state index is -3.40. The van der Waals surface area contributed by atoms with Crippen molar-refractivity contribution in [3.05, 3.63) is 29.8 Å². The lowest BCUT2D eigenvalue weighted by atomic mass is 9.84. The van der Waals surface area contributed by atoms with E-state index in [0.29, 0.717) is 4.90 Å². The number of aryl methyl sites for hydroxylation is 1. The van der Waals surface area contributed by atoms with Gasteiger partial charge in [-0.1, -0.05) is 37.5 Å². The molecule has 1 aromatic carbocycles. The summed E-state index contributed by atoms with van der Waals surface area (Å²) in [4.78, 5) is 0.400. The van der Waals surface area contributed by atoms with Crippen LogP contribution in [0, 0.1) is 6.92 Å². The molecular formula is C14H21NO2S. The van der Waals surface area contributed by atoms with Gasteiger partial charge < -0.3 is 0 Å². The Kier molecular flexibility index (Phi) is 3.78. The molecule has 0 atom stereocenters. The van der Waals surface area contributed by atoms with Gasteiger partial charge in [0.05, 0.1) is 4.90 Å². The highest BCUT2D eigenvalue weighted by atomic mass is 32.2. The second-order valence-corrected chi connectivity index (χ2v) is 7.14. The third kappa shape index (κ3) is 2.93. The molecule has 1 aromatic rings. The third-order valence-electron chi connectivity index (χ3n) is 3.72. The summed E-state index contributed by atoms with van der Waals surface area (Å²) in [7, 11) is -3.40. The van der Waals surface area contributed by atoms with Crippen LogP contribution in [-0.4, -0.2) is 14.0 Å². The molecule has 4 heteroatoms. The number of nitrogens with one attached hydrogen (secondary N) is 1. The van der Waals surface area contributed by atoms with Crippen molar-refractivity contribution in [1.29, 1.82) is 0 Å². The molecule has 2 rings (SSSR count). The summed E-state index contributed by atoms with van der Waals surface area (Å²) < 4.78 is 27.7. The van der Waals surface area contributed by atoms with E-state index in [1.165, 1.54) is 6.42 Å². The zero-order chi connectivity index (χ0) is 13.2. The number of sulfonamides is 1. The molecule has 0 aromatic heterocycles. The van der Waals surface area contributed by atoms with E-state index < -0.39 is 10.0 Å². The average Bonchev–Trinajstić information content (AvgIpc) is 2.28.